The molecule has 5 heteroatoms. The number of carbonyl (C=O) groups excluding carboxylic acids is 1. The highest BCUT2D eigenvalue weighted by molar-refractivity contribution is 5.97. The molecule has 0 atom stereocenters. The predicted octanol–water partition coefficient (Wildman–Crippen LogP) is 4.86. The summed E-state index contributed by atoms with van der Waals surface area (Å²) in [5, 5.41) is 3.03. The number of rotatable bonds is 7. The van der Waals surface area contributed by atoms with Gasteiger partial charge in [-0.2, -0.15) is 0 Å². The normalized spacial score (nSPS) is 10.8. The van der Waals surface area contributed by atoms with Crippen molar-refractivity contribution in [2.45, 2.75) is 20.8 Å². The van der Waals surface area contributed by atoms with Gasteiger partial charge in [0.05, 0.1) is 31.2 Å². The molecule has 5 nitrogen and oxygen atoms in total. The van der Waals surface area contributed by atoms with Crippen LogP contribution in [0.1, 0.15) is 29.9 Å². The van der Waals surface area contributed by atoms with Crippen LogP contribution in [0.5, 0.6) is 11.5 Å². The summed E-state index contributed by atoms with van der Waals surface area (Å²) in [6, 6.07) is 17.7. The second-order valence-corrected chi connectivity index (χ2v) is 7.40. The number of aromatic nitrogens is 1. The molecule has 0 unspecified atom stereocenters. The van der Waals surface area contributed by atoms with Gasteiger partial charge in [0.15, 0.2) is 0 Å². The summed E-state index contributed by atoms with van der Waals surface area (Å²) in [5.74, 6) is 1.70. The Morgan fingerprint density at radius 3 is 2.17 bits per heavy atom. The van der Waals surface area contributed by atoms with Gasteiger partial charge in [0.1, 0.15) is 11.5 Å². The van der Waals surface area contributed by atoms with E-state index in [1.54, 1.807) is 14.2 Å². The van der Waals surface area contributed by atoms with Crippen molar-refractivity contribution in [2.24, 2.45) is 5.92 Å². The number of ether oxygens (including phenoxy) is 2. The summed E-state index contributed by atoms with van der Waals surface area (Å²) in [4.78, 5) is 12.9. The molecule has 0 radical (unpaired) electrons. The lowest BCUT2D eigenvalue weighted by Crippen LogP contribution is -2.27. The summed E-state index contributed by atoms with van der Waals surface area (Å²) in [6.07, 6.45) is 0. The van der Waals surface area contributed by atoms with E-state index in [0.29, 0.717) is 29.5 Å². The van der Waals surface area contributed by atoms with E-state index in [9.17, 15) is 4.79 Å². The van der Waals surface area contributed by atoms with E-state index in [-0.39, 0.29) is 5.91 Å². The van der Waals surface area contributed by atoms with Gasteiger partial charge in [0.2, 0.25) is 0 Å². The zero-order valence-electron chi connectivity index (χ0n) is 17.7. The van der Waals surface area contributed by atoms with Crippen molar-refractivity contribution in [3.8, 4) is 28.4 Å². The Hall–Kier alpha value is -3.21. The first kappa shape index (κ1) is 20.5. The summed E-state index contributed by atoms with van der Waals surface area (Å²) in [6.45, 7) is 6.76. The van der Waals surface area contributed by atoms with Crippen molar-refractivity contribution in [3.63, 3.8) is 0 Å². The van der Waals surface area contributed by atoms with Crippen molar-refractivity contribution in [1.82, 2.24) is 9.88 Å². The largest absolute Gasteiger partial charge is 0.497 e. The number of hydrogen-bond acceptors (Lipinski definition) is 3. The van der Waals surface area contributed by atoms with Crippen LogP contribution >= 0.6 is 0 Å². The van der Waals surface area contributed by atoms with Crippen LogP contribution in [-0.4, -0.2) is 31.2 Å². The Morgan fingerprint density at radius 1 is 1.00 bits per heavy atom. The first-order chi connectivity index (χ1) is 13.9. The van der Waals surface area contributed by atoms with Crippen LogP contribution in [0.25, 0.3) is 16.9 Å². The Balaban J connectivity index is 2.18. The molecule has 0 saturated heterocycles. The monoisotopic (exact) mass is 392 g/mol. The average Bonchev–Trinajstić information content (AvgIpc) is 3.09. The number of nitrogens with zero attached hydrogens (tertiary/aromatic N) is 1. The molecule has 0 fully saturated rings. The van der Waals surface area contributed by atoms with Gasteiger partial charge in [-0.25, -0.2) is 0 Å². The summed E-state index contributed by atoms with van der Waals surface area (Å²) in [7, 11) is 3.26. The van der Waals surface area contributed by atoms with Gasteiger partial charge in [-0.05, 0) is 24.5 Å². The standard InChI is InChI=1S/C24H28N2O3/c1-16(2)15-25-24(27)22-14-23(18-9-7-6-8-10-18)26(17(22)3)19-11-20(28-4)13-21(12-19)29-5/h6-14,16H,15H2,1-5H3,(H,25,27). The van der Waals surface area contributed by atoms with Crippen molar-refractivity contribution in [3.05, 3.63) is 65.9 Å². The highest BCUT2D eigenvalue weighted by Gasteiger charge is 2.20. The zero-order valence-corrected chi connectivity index (χ0v) is 17.7. The van der Waals surface area contributed by atoms with Gasteiger partial charge in [0, 0.05) is 30.4 Å². The first-order valence-electron chi connectivity index (χ1n) is 9.74. The second kappa shape index (κ2) is 8.86. The van der Waals surface area contributed by atoms with E-state index in [2.05, 4.69) is 23.7 Å². The molecule has 0 aliphatic heterocycles. The predicted molar refractivity (Wildman–Crippen MR) is 116 cm³/mol. The Morgan fingerprint density at radius 2 is 1.62 bits per heavy atom. The van der Waals surface area contributed by atoms with Gasteiger partial charge in [-0.1, -0.05) is 44.2 Å². The van der Waals surface area contributed by atoms with Gasteiger partial charge in [-0.3, -0.25) is 4.79 Å². The molecule has 3 rings (SSSR count). The Bertz CT molecular complexity index is 969. The van der Waals surface area contributed by atoms with Crippen LogP contribution in [0.15, 0.2) is 54.6 Å². The van der Waals surface area contributed by atoms with Gasteiger partial charge in [-0.15, -0.1) is 0 Å². The topological polar surface area (TPSA) is 52.5 Å². The van der Waals surface area contributed by atoms with E-state index in [0.717, 1.165) is 22.6 Å². The molecule has 1 amide bonds. The third-order valence-corrected chi connectivity index (χ3v) is 4.83. The maximum absolute atomic E-state index is 12.9. The molecule has 0 aliphatic carbocycles. The van der Waals surface area contributed by atoms with Gasteiger partial charge >= 0.3 is 0 Å². The molecular weight excluding hydrogens is 364 g/mol. The minimum absolute atomic E-state index is 0.0676. The molecule has 1 heterocycles. The number of methoxy groups -OCH3 is 2. The molecule has 29 heavy (non-hydrogen) atoms. The minimum Gasteiger partial charge on any atom is -0.497 e. The molecule has 0 saturated carbocycles. The Labute approximate surface area is 172 Å². The minimum atomic E-state index is -0.0676. The van der Waals surface area contributed by atoms with E-state index in [1.807, 2.05) is 61.5 Å². The molecular formula is C24H28N2O3. The van der Waals surface area contributed by atoms with Crippen molar-refractivity contribution in [2.75, 3.05) is 20.8 Å². The number of carbonyl (C=O) groups is 1. The molecule has 0 aliphatic rings. The highest BCUT2D eigenvalue weighted by Crippen LogP contribution is 2.33. The maximum atomic E-state index is 12.9. The summed E-state index contributed by atoms with van der Waals surface area (Å²) >= 11 is 0. The van der Waals surface area contributed by atoms with Crippen LogP contribution < -0.4 is 14.8 Å². The Kier molecular flexibility index (Phi) is 6.27. The summed E-state index contributed by atoms with van der Waals surface area (Å²) < 4.78 is 13.0. The number of hydrogen-bond donors (Lipinski definition) is 1. The van der Waals surface area contributed by atoms with Crippen LogP contribution in [0.3, 0.4) is 0 Å². The highest BCUT2D eigenvalue weighted by atomic mass is 16.5. The van der Waals surface area contributed by atoms with E-state index in [4.69, 9.17) is 9.47 Å². The van der Waals surface area contributed by atoms with Crippen molar-refractivity contribution < 1.29 is 14.3 Å². The lowest BCUT2D eigenvalue weighted by Gasteiger charge is -2.15. The van der Waals surface area contributed by atoms with E-state index >= 15 is 0 Å². The van der Waals surface area contributed by atoms with Gasteiger partial charge in [0.25, 0.3) is 5.91 Å². The van der Waals surface area contributed by atoms with Gasteiger partial charge < -0.3 is 19.4 Å². The third kappa shape index (κ3) is 4.45. The number of benzene rings is 2. The van der Waals surface area contributed by atoms with Crippen LogP contribution in [0.2, 0.25) is 0 Å². The van der Waals surface area contributed by atoms with Crippen molar-refractivity contribution in [1.29, 1.82) is 0 Å². The van der Waals surface area contributed by atoms with Crippen LogP contribution in [0.4, 0.5) is 0 Å². The molecule has 0 spiro atoms. The number of nitrogens with one attached hydrogen (secondary N) is 1. The average molecular weight is 392 g/mol. The maximum Gasteiger partial charge on any atom is 0.253 e. The fourth-order valence-corrected chi connectivity index (χ4v) is 3.30. The fraction of sp³-hybridized carbons (Fsp3) is 0.292. The van der Waals surface area contributed by atoms with Crippen LogP contribution in [-0.2, 0) is 0 Å². The molecule has 1 N–H and O–H groups in total. The first-order valence-corrected chi connectivity index (χ1v) is 9.74. The second-order valence-electron chi connectivity index (χ2n) is 7.40. The molecule has 1 aromatic heterocycles. The fourth-order valence-electron chi connectivity index (χ4n) is 3.30. The lowest BCUT2D eigenvalue weighted by atomic mass is 10.1. The lowest BCUT2D eigenvalue weighted by molar-refractivity contribution is 0.0948. The molecule has 152 valence electrons. The van der Waals surface area contributed by atoms with E-state index < -0.39 is 0 Å². The summed E-state index contributed by atoms with van der Waals surface area (Å²) in [5.41, 5.74) is 4.36. The quantitative estimate of drug-likeness (QED) is 0.625. The molecule has 2 aromatic carbocycles. The zero-order chi connectivity index (χ0) is 21.0. The number of amides is 1. The molecule has 0 bridgehead atoms. The SMILES string of the molecule is COc1cc(OC)cc(-n2c(-c3ccccc3)cc(C(=O)NCC(C)C)c2C)c1. The van der Waals surface area contributed by atoms with E-state index in [1.165, 1.54) is 0 Å². The van der Waals surface area contributed by atoms with Crippen LogP contribution in [0, 0.1) is 12.8 Å². The van der Waals surface area contributed by atoms with Crippen molar-refractivity contribution >= 4 is 5.91 Å². The smallest absolute Gasteiger partial charge is 0.253 e. The third-order valence-electron chi connectivity index (χ3n) is 4.83. The molecule has 3 aromatic rings.